The van der Waals surface area contributed by atoms with Gasteiger partial charge in [0.25, 0.3) is 0 Å². The number of carbonyl (C=O) groups excluding carboxylic acids is 1. The number of aromatic nitrogens is 3. The second-order valence-corrected chi connectivity index (χ2v) is 10.1. The Morgan fingerprint density at radius 3 is 2.30 bits per heavy atom. The molecule has 9 nitrogen and oxygen atoms in total. The number of methoxy groups -OCH3 is 2. The Labute approximate surface area is 244 Å². The summed E-state index contributed by atoms with van der Waals surface area (Å²) in [6.07, 6.45) is 1.71. The van der Waals surface area contributed by atoms with Gasteiger partial charge >= 0.3 is 6.03 Å². The number of fused-ring (bicyclic) bond motifs is 1. The Balaban J connectivity index is 1.22. The first-order valence-electron chi connectivity index (χ1n) is 12.3. The minimum Gasteiger partial charge on any atom is -0.497 e. The zero-order chi connectivity index (χ0) is 28.1. The molecule has 204 valence electrons. The Morgan fingerprint density at radius 2 is 1.62 bits per heavy atom. The Kier molecular flexibility index (Phi) is 8.37. The van der Waals surface area contributed by atoms with Crippen molar-refractivity contribution in [3.8, 4) is 22.8 Å². The number of halogens is 2. The lowest BCUT2D eigenvalue weighted by Gasteiger charge is -2.12. The van der Waals surface area contributed by atoms with Crippen LogP contribution in [0.1, 0.15) is 11.1 Å². The fourth-order valence-corrected chi connectivity index (χ4v) is 4.65. The zero-order valence-electron chi connectivity index (χ0n) is 21.7. The molecule has 0 aliphatic rings. The number of carbonyl (C=O) groups is 1. The van der Waals surface area contributed by atoms with Crippen LogP contribution in [0.3, 0.4) is 0 Å². The number of ether oxygens (including phenoxy) is 2. The number of benzene rings is 3. The summed E-state index contributed by atoms with van der Waals surface area (Å²) >= 11 is 9.97. The maximum atomic E-state index is 12.4. The molecule has 2 amide bonds. The number of urea groups is 1. The van der Waals surface area contributed by atoms with Gasteiger partial charge in [-0.3, -0.25) is 0 Å². The molecule has 0 bridgehead atoms. The van der Waals surface area contributed by atoms with Gasteiger partial charge in [0.2, 0.25) is 0 Å². The van der Waals surface area contributed by atoms with Crippen LogP contribution in [0, 0.1) is 0 Å². The SMILES string of the molecule is COc1cc(NC(=O)NCc2ccc(CNc3cc(-c4ccccc4Cl)nc4c(Br)cnn34)cc2)cc(OC)c1. The lowest BCUT2D eigenvalue weighted by atomic mass is 10.1. The van der Waals surface area contributed by atoms with Crippen LogP contribution < -0.4 is 25.4 Å². The molecule has 0 spiro atoms. The maximum Gasteiger partial charge on any atom is 0.319 e. The highest BCUT2D eigenvalue weighted by Gasteiger charge is 2.13. The van der Waals surface area contributed by atoms with Crippen molar-refractivity contribution >= 4 is 50.7 Å². The molecule has 0 atom stereocenters. The first kappa shape index (κ1) is 27.3. The molecule has 3 aromatic carbocycles. The number of hydrogen-bond acceptors (Lipinski definition) is 6. The van der Waals surface area contributed by atoms with Gasteiger partial charge in [-0.25, -0.2) is 9.78 Å². The summed E-state index contributed by atoms with van der Waals surface area (Å²) in [6, 6.07) is 22.4. The molecule has 2 aromatic heterocycles. The van der Waals surface area contributed by atoms with Gasteiger partial charge in [-0.15, -0.1) is 0 Å². The Morgan fingerprint density at radius 1 is 0.950 bits per heavy atom. The molecule has 40 heavy (non-hydrogen) atoms. The van der Waals surface area contributed by atoms with Gasteiger partial charge in [-0.1, -0.05) is 54.1 Å². The summed E-state index contributed by atoms with van der Waals surface area (Å²) in [5, 5.41) is 14.2. The summed E-state index contributed by atoms with van der Waals surface area (Å²) in [7, 11) is 3.12. The predicted octanol–water partition coefficient (Wildman–Crippen LogP) is 6.76. The van der Waals surface area contributed by atoms with E-state index in [9.17, 15) is 4.79 Å². The molecule has 5 rings (SSSR count). The van der Waals surface area contributed by atoms with Crippen LogP contribution in [0.2, 0.25) is 5.02 Å². The molecule has 5 aromatic rings. The van der Waals surface area contributed by atoms with Crippen molar-refractivity contribution in [2.24, 2.45) is 0 Å². The number of amides is 2. The van der Waals surface area contributed by atoms with E-state index in [1.165, 1.54) is 0 Å². The average Bonchev–Trinajstić information content (AvgIpc) is 3.35. The van der Waals surface area contributed by atoms with Crippen LogP contribution in [0.25, 0.3) is 16.9 Å². The molecule has 0 saturated carbocycles. The molecule has 2 heterocycles. The number of nitrogens with one attached hydrogen (secondary N) is 3. The van der Waals surface area contributed by atoms with Gasteiger partial charge in [0, 0.05) is 53.6 Å². The van der Waals surface area contributed by atoms with E-state index >= 15 is 0 Å². The standard InChI is InChI=1S/C29H26BrClN6O3/c1-39-21-11-20(12-22(13-21)40-2)35-29(38)33-16-19-9-7-18(8-10-19)15-32-27-14-26(23-5-3-4-6-25(23)31)36-28-24(30)17-34-37(27)28/h3-14,17,32H,15-16H2,1-2H3,(H2,33,35,38). The highest BCUT2D eigenvalue weighted by Crippen LogP contribution is 2.30. The van der Waals surface area contributed by atoms with Crippen LogP contribution in [-0.4, -0.2) is 34.8 Å². The van der Waals surface area contributed by atoms with Crippen LogP contribution in [0.5, 0.6) is 11.5 Å². The summed E-state index contributed by atoms with van der Waals surface area (Å²) in [6.45, 7) is 0.929. The van der Waals surface area contributed by atoms with Gasteiger partial charge in [0.1, 0.15) is 17.3 Å². The van der Waals surface area contributed by atoms with Crippen LogP contribution >= 0.6 is 27.5 Å². The van der Waals surface area contributed by atoms with Crippen molar-refractivity contribution in [2.45, 2.75) is 13.1 Å². The fourth-order valence-electron chi connectivity index (χ4n) is 4.07. The highest BCUT2D eigenvalue weighted by molar-refractivity contribution is 9.10. The average molecular weight is 622 g/mol. The van der Waals surface area contributed by atoms with E-state index < -0.39 is 0 Å². The van der Waals surface area contributed by atoms with Crippen molar-refractivity contribution in [1.82, 2.24) is 19.9 Å². The van der Waals surface area contributed by atoms with Crippen LogP contribution in [0.4, 0.5) is 16.3 Å². The highest BCUT2D eigenvalue weighted by atomic mass is 79.9. The molecular formula is C29H26BrClN6O3. The normalized spacial score (nSPS) is 10.8. The van der Waals surface area contributed by atoms with Gasteiger partial charge < -0.3 is 25.4 Å². The number of rotatable bonds is 9. The van der Waals surface area contributed by atoms with Crippen molar-refractivity contribution in [3.05, 3.63) is 99.6 Å². The molecule has 0 unspecified atom stereocenters. The lowest BCUT2D eigenvalue weighted by Crippen LogP contribution is -2.28. The van der Waals surface area contributed by atoms with Gasteiger partial charge in [-0.05, 0) is 33.1 Å². The van der Waals surface area contributed by atoms with Crippen molar-refractivity contribution < 1.29 is 14.3 Å². The molecule has 11 heteroatoms. The van der Waals surface area contributed by atoms with E-state index in [-0.39, 0.29) is 6.03 Å². The van der Waals surface area contributed by atoms with E-state index in [1.807, 2.05) is 54.6 Å². The minimum atomic E-state index is -0.331. The first-order chi connectivity index (χ1) is 19.4. The van der Waals surface area contributed by atoms with Crippen LogP contribution in [0.15, 0.2) is 83.5 Å². The quantitative estimate of drug-likeness (QED) is 0.168. The molecule has 0 aliphatic heterocycles. The monoisotopic (exact) mass is 620 g/mol. The Bertz CT molecular complexity index is 1640. The molecule has 0 saturated heterocycles. The van der Waals surface area contributed by atoms with Crippen LogP contribution in [-0.2, 0) is 13.1 Å². The third kappa shape index (κ3) is 6.30. The molecule has 0 radical (unpaired) electrons. The predicted molar refractivity (Wildman–Crippen MR) is 160 cm³/mol. The third-order valence-corrected chi connectivity index (χ3v) is 7.03. The van der Waals surface area contributed by atoms with Crippen molar-refractivity contribution in [1.29, 1.82) is 0 Å². The smallest absolute Gasteiger partial charge is 0.319 e. The second kappa shape index (κ2) is 12.3. The van der Waals surface area contributed by atoms with Gasteiger partial charge in [0.15, 0.2) is 5.65 Å². The zero-order valence-corrected chi connectivity index (χ0v) is 24.1. The summed E-state index contributed by atoms with van der Waals surface area (Å²) in [4.78, 5) is 17.2. The molecule has 0 fully saturated rings. The van der Waals surface area contributed by atoms with Crippen molar-refractivity contribution in [2.75, 3.05) is 24.9 Å². The second-order valence-electron chi connectivity index (χ2n) is 8.81. The maximum absolute atomic E-state index is 12.4. The largest absolute Gasteiger partial charge is 0.497 e. The van der Waals surface area contributed by atoms with E-state index in [0.29, 0.717) is 40.9 Å². The van der Waals surface area contributed by atoms with E-state index in [4.69, 9.17) is 26.1 Å². The number of anilines is 2. The molecule has 3 N–H and O–H groups in total. The summed E-state index contributed by atoms with van der Waals surface area (Å²) in [5.74, 6) is 1.96. The fraction of sp³-hybridized carbons (Fsp3) is 0.138. The van der Waals surface area contributed by atoms with E-state index in [1.54, 1.807) is 43.1 Å². The first-order valence-corrected chi connectivity index (χ1v) is 13.5. The number of hydrogen-bond donors (Lipinski definition) is 3. The van der Waals surface area contributed by atoms with Crippen molar-refractivity contribution in [3.63, 3.8) is 0 Å². The Hall–Kier alpha value is -4.28. The summed E-state index contributed by atoms with van der Waals surface area (Å²) < 4.78 is 13.0. The minimum absolute atomic E-state index is 0.331. The van der Waals surface area contributed by atoms with Gasteiger partial charge in [0.05, 0.1) is 30.6 Å². The lowest BCUT2D eigenvalue weighted by molar-refractivity contribution is 0.251. The summed E-state index contributed by atoms with van der Waals surface area (Å²) in [5.41, 5.74) is 4.87. The van der Waals surface area contributed by atoms with E-state index in [2.05, 4.69) is 37.0 Å². The van der Waals surface area contributed by atoms with E-state index in [0.717, 1.165) is 32.7 Å². The molecule has 0 aliphatic carbocycles. The number of nitrogens with zero attached hydrogens (tertiary/aromatic N) is 3. The van der Waals surface area contributed by atoms with Gasteiger partial charge in [-0.2, -0.15) is 9.61 Å². The topological polar surface area (TPSA) is 102 Å². The molecular weight excluding hydrogens is 596 g/mol. The third-order valence-electron chi connectivity index (χ3n) is 6.14.